The van der Waals surface area contributed by atoms with Crippen LogP contribution in [0.3, 0.4) is 0 Å². The highest BCUT2D eigenvalue weighted by molar-refractivity contribution is 6.31. The Bertz CT molecular complexity index is 1010. The molecule has 2 aromatic carbocycles. The van der Waals surface area contributed by atoms with Gasteiger partial charge < -0.3 is 0 Å². The summed E-state index contributed by atoms with van der Waals surface area (Å²) in [5.41, 5.74) is 5.10. The van der Waals surface area contributed by atoms with E-state index in [0.717, 1.165) is 47.8 Å². The van der Waals surface area contributed by atoms with E-state index in [0.29, 0.717) is 16.5 Å². The smallest absolute Gasteiger partial charge is 0.131 e. The van der Waals surface area contributed by atoms with Crippen molar-refractivity contribution in [3.05, 3.63) is 64.6 Å². The Morgan fingerprint density at radius 1 is 1.19 bits per heavy atom. The van der Waals surface area contributed by atoms with E-state index in [1.165, 1.54) is 11.6 Å². The first-order valence-corrected chi connectivity index (χ1v) is 10.1. The van der Waals surface area contributed by atoms with E-state index in [-0.39, 0.29) is 11.2 Å². The Hall–Kier alpha value is -1.93. The van der Waals surface area contributed by atoms with E-state index >= 15 is 0 Å². The van der Waals surface area contributed by atoms with Crippen LogP contribution >= 0.6 is 11.6 Å². The summed E-state index contributed by atoms with van der Waals surface area (Å²) in [6.45, 7) is 6.94. The largest absolute Gasteiger partial charge is 0.253 e. The number of halogens is 2. The van der Waals surface area contributed by atoms with E-state index in [4.69, 9.17) is 16.6 Å². The van der Waals surface area contributed by atoms with Crippen molar-refractivity contribution in [2.45, 2.75) is 46.5 Å². The summed E-state index contributed by atoms with van der Waals surface area (Å²) < 4.78 is 14.8. The average Bonchev–Trinajstić information content (AvgIpc) is 2.66. The maximum absolute atomic E-state index is 14.8. The van der Waals surface area contributed by atoms with Crippen LogP contribution in [0.25, 0.3) is 22.0 Å². The highest BCUT2D eigenvalue weighted by Gasteiger charge is 2.33. The molecule has 0 saturated heterocycles. The van der Waals surface area contributed by atoms with Crippen molar-refractivity contribution >= 4 is 22.5 Å². The Balaban J connectivity index is 2.00. The molecule has 1 nitrogen and oxygen atoms in total. The van der Waals surface area contributed by atoms with Gasteiger partial charge in [-0.2, -0.15) is 0 Å². The summed E-state index contributed by atoms with van der Waals surface area (Å²) in [7, 11) is 0. The zero-order valence-electron chi connectivity index (χ0n) is 16.2. The van der Waals surface area contributed by atoms with Gasteiger partial charge in [-0.15, -0.1) is 0 Å². The molecule has 0 amide bonds. The van der Waals surface area contributed by atoms with Crippen LogP contribution in [0.15, 0.2) is 42.5 Å². The van der Waals surface area contributed by atoms with E-state index in [1.807, 2.05) is 30.3 Å². The maximum Gasteiger partial charge on any atom is 0.131 e. The predicted octanol–water partition coefficient (Wildman–Crippen LogP) is 7.24. The second kappa shape index (κ2) is 6.91. The minimum atomic E-state index is -0.191. The molecule has 140 valence electrons. The molecule has 4 rings (SSSR count). The highest BCUT2D eigenvalue weighted by atomic mass is 35.5. The normalized spacial score (nSPS) is 17.1. The fraction of sp³-hybridized carbons (Fsp3) is 0.375. The van der Waals surface area contributed by atoms with Crippen LogP contribution in [-0.4, -0.2) is 4.98 Å². The molecule has 0 aliphatic heterocycles. The molecule has 0 radical (unpaired) electrons. The minimum absolute atomic E-state index is 0.191. The van der Waals surface area contributed by atoms with Crippen molar-refractivity contribution in [3.63, 3.8) is 0 Å². The van der Waals surface area contributed by atoms with Crippen LogP contribution in [-0.2, 0) is 12.8 Å². The number of rotatable bonds is 3. The molecule has 1 aliphatic carbocycles. The Kier molecular flexibility index (Phi) is 4.71. The van der Waals surface area contributed by atoms with Crippen molar-refractivity contribution in [3.8, 4) is 11.1 Å². The third-order valence-electron chi connectivity index (χ3n) is 6.47. The molecule has 0 bridgehead atoms. The van der Waals surface area contributed by atoms with Gasteiger partial charge in [0, 0.05) is 21.7 Å². The molecule has 27 heavy (non-hydrogen) atoms. The van der Waals surface area contributed by atoms with Gasteiger partial charge in [0.15, 0.2) is 0 Å². The zero-order chi connectivity index (χ0) is 19.2. The van der Waals surface area contributed by atoms with Crippen LogP contribution in [0, 0.1) is 17.2 Å². The molecular weight excluding hydrogens is 357 g/mol. The van der Waals surface area contributed by atoms with Crippen LogP contribution in [0.5, 0.6) is 0 Å². The molecule has 3 heteroatoms. The topological polar surface area (TPSA) is 12.9 Å². The van der Waals surface area contributed by atoms with E-state index in [2.05, 4.69) is 20.8 Å². The maximum atomic E-state index is 14.8. The van der Waals surface area contributed by atoms with Crippen molar-refractivity contribution in [2.75, 3.05) is 0 Å². The second-order valence-electron chi connectivity index (χ2n) is 8.34. The van der Waals surface area contributed by atoms with Crippen LogP contribution < -0.4 is 0 Å². The molecule has 0 N–H and O–H groups in total. The molecule has 1 heterocycles. The Morgan fingerprint density at radius 2 is 1.96 bits per heavy atom. The standard InChI is InChI=1S/C24H25ClFN/c1-4-24(2,3)15-9-11-21-18(13-15)23(17-7-5-6-8-20(17)26)19-14-16(25)10-12-22(19)27-21/h5-8,10,12,14-15H,4,9,11,13H2,1-3H3. The number of aromatic nitrogens is 1. The summed E-state index contributed by atoms with van der Waals surface area (Å²) in [5, 5.41) is 1.60. The van der Waals surface area contributed by atoms with Crippen LogP contribution in [0.4, 0.5) is 4.39 Å². The van der Waals surface area contributed by atoms with Crippen LogP contribution in [0.2, 0.25) is 5.02 Å². The summed E-state index contributed by atoms with van der Waals surface area (Å²) in [5.74, 6) is 0.378. The molecule has 1 unspecified atom stereocenters. The van der Waals surface area contributed by atoms with Gasteiger partial charge in [0.2, 0.25) is 0 Å². The van der Waals surface area contributed by atoms with Gasteiger partial charge in [0.05, 0.1) is 5.52 Å². The monoisotopic (exact) mass is 381 g/mol. The molecule has 1 atom stereocenters. The van der Waals surface area contributed by atoms with Crippen molar-refractivity contribution in [1.82, 2.24) is 4.98 Å². The van der Waals surface area contributed by atoms with E-state index in [9.17, 15) is 4.39 Å². The van der Waals surface area contributed by atoms with Gasteiger partial charge in [-0.3, -0.25) is 4.98 Å². The van der Waals surface area contributed by atoms with Gasteiger partial charge in [0.25, 0.3) is 0 Å². The van der Waals surface area contributed by atoms with Crippen molar-refractivity contribution in [2.24, 2.45) is 11.3 Å². The summed E-state index contributed by atoms with van der Waals surface area (Å²) in [4.78, 5) is 4.93. The van der Waals surface area contributed by atoms with Gasteiger partial charge in [-0.05, 0) is 66.0 Å². The summed E-state index contributed by atoms with van der Waals surface area (Å²) in [6.07, 6.45) is 4.16. The first-order chi connectivity index (χ1) is 12.9. The summed E-state index contributed by atoms with van der Waals surface area (Å²) in [6, 6.07) is 12.8. The molecule has 0 saturated carbocycles. The second-order valence-corrected chi connectivity index (χ2v) is 8.77. The highest BCUT2D eigenvalue weighted by Crippen LogP contribution is 2.44. The number of fused-ring (bicyclic) bond motifs is 2. The number of hydrogen-bond donors (Lipinski definition) is 0. The van der Waals surface area contributed by atoms with Gasteiger partial charge >= 0.3 is 0 Å². The van der Waals surface area contributed by atoms with Crippen LogP contribution in [0.1, 0.15) is 44.9 Å². The molecule has 3 aromatic rings. The van der Waals surface area contributed by atoms with Gasteiger partial charge in [0.1, 0.15) is 5.82 Å². The first-order valence-electron chi connectivity index (χ1n) is 9.76. The third kappa shape index (κ3) is 3.25. The predicted molar refractivity (Wildman–Crippen MR) is 112 cm³/mol. The fourth-order valence-corrected chi connectivity index (χ4v) is 4.51. The lowest BCUT2D eigenvalue weighted by Crippen LogP contribution is -2.29. The minimum Gasteiger partial charge on any atom is -0.253 e. The summed E-state index contributed by atoms with van der Waals surface area (Å²) >= 11 is 6.30. The van der Waals surface area contributed by atoms with Gasteiger partial charge in [-0.1, -0.05) is 57.0 Å². The van der Waals surface area contributed by atoms with Gasteiger partial charge in [-0.25, -0.2) is 4.39 Å². The molecule has 1 aromatic heterocycles. The number of nitrogens with zero attached hydrogens (tertiary/aromatic N) is 1. The molecular formula is C24H25ClFN. The first kappa shape index (κ1) is 18.4. The molecule has 0 spiro atoms. The number of hydrogen-bond acceptors (Lipinski definition) is 1. The SMILES string of the molecule is CCC(C)(C)C1CCc2nc3ccc(Cl)cc3c(-c3ccccc3F)c2C1. The Morgan fingerprint density at radius 3 is 2.70 bits per heavy atom. The lowest BCUT2D eigenvalue weighted by atomic mass is 9.68. The average molecular weight is 382 g/mol. The molecule has 1 aliphatic rings. The zero-order valence-corrected chi connectivity index (χ0v) is 16.9. The third-order valence-corrected chi connectivity index (χ3v) is 6.71. The fourth-order valence-electron chi connectivity index (χ4n) is 4.34. The lowest BCUT2D eigenvalue weighted by molar-refractivity contribution is 0.182. The number of aryl methyl sites for hydroxylation is 1. The Labute approximate surface area is 165 Å². The van der Waals surface area contributed by atoms with Crippen molar-refractivity contribution in [1.29, 1.82) is 0 Å². The number of pyridine rings is 1. The lowest BCUT2D eigenvalue weighted by Gasteiger charge is -2.38. The quantitative estimate of drug-likeness (QED) is 0.466. The van der Waals surface area contributed by atoms with Crippen molar-refractivity contribution < 1.29 is 4.39 Å². The molecule has 0 fully saturated rings. The number of benzene rings is 2. The van der Waals surface area contributed by atoms with E-state index < -0.39 is 0 Å². The van der Waals surface area contributed by atoms with E-state index in [1.54, 1.807) is 6.07 Å².